The molecule has 0 bridgehead atoms. The third-order valence-electron chi connectivity index (χ3n) is 2.07. The van der Waals surface area contributed by atoms with Crippen molar-refractivity contribution in [1.29, 1.82) is 0 Å². The zero-order valence-corrected chi connectivity index (χ0v) is 9.44. The number of halogens is 1. The van der Waals surface area contributed by atoms with Crippen molar-refractivity contribution in [2.75, 3.05) is 14.2 Å². The SMILES string of the molecule is CON(C)C(=O)[C@@H](C)Oc1ccccc1F. The molecule has 0 aliphatic carbocycles. The molecule has 0 radical (unpaired) electrons. The van der Waals surface area contributed by atoms with E-state index in [1.54, 1.807) is 12.1 Å². The van der Waals surface area contributed by atoms with Gasteiger partial charge in [0, 0.05) is 7.05 Å². The molecule has 5 heteroatoms. The van der Waals surface area contributed by atoms with Crippen molar-refractivity contribution in [2.45, 2.75) is 13.0 Å². The molecule has 0 heterocycles. The molecule has 1 atom stereocenters. The van der Waals surface area contributed by atoms with Crippen molar-refractivity contribution < 1.29 is 18.8 Å². The van der Waals surface area contributed by atoms with Crippen LogP contribution in [-0.4, -0.2) is 31.2 Å². The fourth-order valence-corrected chi connectivity index (χ4v) is 1.13. The lowest BCUT2D eigenvalue weighted by atomic mass is 10.3. The van der Waals surface area contributed by atoms with Gasteiger partial charge in [0.25, 0.3) is 5.91 Å². The second-order valence-corrected chi connectivity index (χ2v) is 3.21. The number of hydrogen-bond donors (Lipinski definition) is 0. The summed E-state index contributed by atoms with van der Waals surface area (Å²) in [5.41, 5.74) is 0. The first-order valence-corrected chi connectivity index (χ1v) is 4.79. The van der Waals surface area contributed by atoms with Crippen molar-refractivity contribution in [1.82, 2.24) is 5.06 Å². The molecule has 4 nitrogen and oxygen atoms in total. The molecule has 0 spiro atoms. The minimum atomic E-state index is -0.804. The first kappa shape index (κ1) is 12.4. The highest BCUT2D eigenvalue weighted by atomic mass is 19.1. The number of carbonyl (C=O) groups is 1. The maximum Gasteiger partial charge on any atom is 0.286 e. The van der Waals surface area contributed by atoms with Crippen molar-refractivity contribution in [2.24, 2.45) is 0 Å². The van der Waals surface area contributed by atoms with E-state index in [4.69, 9.17) is 9.57 Å². The summed E-state index contributed by atoms with van der Waals surface area (Å²) >= 11 is 0. The van der Waals surface area contributed by atoms with Gasteiger partial charge in [0.1, 0.15) is 0 Å². The van der Waals surface area contributed by atoms with Gasteiger partial charge in [-0.15, -0.1) is 0 Å². The Kier molecular flexibility index (Phi) is 4.25. The van der Waals surface area contributed by atoms with Crippen LogP contribution < -0.4 is 4.74 Å². The predicted octanol–water partition coefficient (Wildman–Crippen LogP) is 1.61. The Bertz CT molecular complexity index is 370. The topological polar surface area (TPSA) is 38.8 Å². The molecule has 0 aromatic heterocycles. The number of rotatable bonds is 4. The molecule has 0 saturated heterocycles. The van der Waals surface area contributed by atoms with Crippen LogP contribution in [0.4, 0.5) is 4.39 Å². The van der Waals surface area contributed by atoms with E-state index in [0.717, 1.165) is 5.06 Å². The van der Waals surface area contributed by atoms with E-state index < -0.39 is 11.9 Å². The van der Waals surface area contributed by atoms with Crippen LogP contribution >= 0.6 is 0 Å². The molecule has 0 aliphatic rings. The quantitative estimate of drug-likeness (QED) is 0.733. The molecule has 88 valence electrons. The minimum absolute atomic E-state index is 0.0489. The third-order valence-corrected chi connectivity index (χ3v) is 2.07. The summed E-state index contributed by atoms with van der Waals surface area (Å²) in [6.07, 6.45) is -0.804. The summed E-state index contributed by atoms with van der Waals surface area (Å²) in [5, 5.41) is 1.03. The Morgan fingerprint density at radius 1 is 1.44 bits per heavy atom. The molecule has 1 aromatic rings. The number of benzene rings is 1. The molecule has 0 aliphatic heterocycles. The molecular weight excluding hydrogens is 213 g/mol. The van der Waals surface area contributed by atoms with Gasteiger partial charge in [0.05, 0.1) is 7.11 Å². The van der Waals surface area contributed by atoms with E-state index in [0.29, 0.717) is 0 Å². The summed E-state index contributed by atoms with van der Waals surface area (Å²) in [7, 11) is 2.83. The maximum atomic E-state index is 13.2. The Morgan fingerprint density at radius 2 is 2.06 bits per heavy atom. The van der Waals surface area contributed by atoms with Crippen LogP contribution in [-0.2, 0) is 9.63 Å². The van der Waals surface area contributed by atoms with Gasteiger partial charge >= 0.3 is 0 Å². The average molecular weight is 227 g/mol. The van der Waals surface area contributed by atoms with Crippen molar-refractivity contribution in [3.63, 3.8) is 0 Å². The molecule has 16 heavy (non-hydrogen) atoms. The summed E-state index contributed by atoms with van der Waals surface area (Å²) in [4.78, 5) is 16.3. The molecule has 1 rings (SSSR count). The number of hydrogen-bond acceptors (Lipinski definition) is 3. The number of amides is 1. The predicted molar refractivity (Wildman–Crippen MR) is 56.3 cm³/mol. The van der Waals surface area contributed by atoms with E-state index in [1.165, 1.54) is 33.2 Å². The molecule has 1 aromatic carbocycles. The summed E-state index contributed by atoms with van der Waals surface area (Å²) in [5.74, 6) is -0.833. The van der Waals surface area contributed by atoms with Crippen LogP contribution in [0.15, 0.2) is 24.3 Å². The molecule has 1 amide bonds. The van der Waals surface area contributed by atoms with Gasteiger partial charge < -0.3 is 4.74 Å². The lowest BCUT2D eigenvalue weighted by Gasteiger charge is -2.19. The lowest BCUT2D eigenvalue weighted by Crippen LogP contribution is -2.37. The van der Waals surface area contributed by atoms with Gasteiger partial charge in [0.2, 0.25) is 0 Å². The normalized spacial score (nSPS) is 12.0. The molecule has 0 fully saturated rings. The first-order chi connectivity index (χ1) is 7.56. The average Bonchev–Trinajstić information content (AvgIpc) is 2.30. The Morgan fingerprint density at radius 3 is 2.62 bits per heavy atom. The molecule has 0 saturated carbocycles. The number of ether oxygens (including phenoxy) is 1. The van der Waals surface area contributed by atoms with Gasteiger partial charge in [-0.25, -0.2) is 9.45 Å². The van der Waals surface area contributed by atoms with E-state index in [9.17, 15) is 9.18 Å². The standard InChI is InChI=1S/C11H14FNO3/c1-8(11(14)13(2)15-3)16-10-7-5-4-6-9(10)12/h4-8H,1-3H3/t8-/m1/s1. The van der Waals surface area contributed by atoms with Crippen molar-refractivity contribution in [3.05, 3.63) is 30.1 Å². The van der Waals surface area contributed by atoms with Crippen LogP contribution in [0, 0.1) is 5.82 Å². The number of para-hydroxylation sites is 1. The number of likely N-dealkylation sites (N-methyl/N-ethyl adjacent to an activating group) is 1. The molecular formula is C11H14FNO3. The Labute approximate surface area is 93.5 Å². The highest BCUT2D eigenvalue weighted by Gasteiger charge is 2.20. The molecule has 0 N–H and O–H groups in total. The number of nitrogens with zero attached hydrogens (tertiary/aromatic N) is 1. The smallest absolute Gasteiger partial charge is 0.286 e. The number of hydroxylamine groups is 2. The zero-order chi connectivity index (χ0) is 12.1. The largest absolute Gasteiger partial charge is 0.478 e. The zero-order valence-electron chi connectivity index (χ0n) is 9.44. The second-order valence-electron chi connectivity index (χ2n) is 3.21. The van der Waals surface area contributed by atoms with Gasteiger partial charge in [-0.1, -0.05) is 12.1 Å². The van der Waals surface area contributed by atoms with Crippen LogP contribution in [0.3, 0.4) is 0 Å². The Hall–Kier alpha value is -1.62. The van der Waals surface area contributed by atoms with Crippen LogP contribution in [0.25, 0.3) is 0 Å². The van der Waals surface area contributed by atoms with E-state index in [2.05, 4.69) is 0 Å². The minimum Gasteiger partial charge on any atom is -0.478 e. The molecule has 0 unspecified atom stereocenters. The van der Waals surface area contributed by atoms with Crippen molar-refractivity contribution >= 4 is 5.91 Å². The number of carbonyl (C=O) groups excluding carboxylic acids is 1. The summed E-state index contributed by atoms with van der Waals surface area (Å²) in [6, 6.07) is 5.92. The van der Waals surface area contributed by atoms with Crippen molar-refractivity contribution in [3.8, 4) is 5.75 Å². The first-order valence-electron chi connectivity index (χ1n) is 4.79. The van der Waals surface area contributed by atoms with Gasteiger partial charge in [-0.3, -0.25) is 9.63 Å². The van der Waals surface area contributed by atoms with E-state index in [1.807, 2.05) is 0 Å². The van der Waals surface area contributed by atoms with Gasteiger partial charge in [-0.2, -0.15) is 0 Å². The van der Waals surface area contributed by atoms with E-state index >= 15 is 0 Å². The fraction of sp³-hybridized carbons (Fsp3) is 0.364. The van der Waals surface area contributed by atoms with Gasteiger partial charge in [0.15, 0.2) is 17.7 Å². The maximum absolute atomic E-state index is 13.2. The monoisotopic (exact) mass is 227 g/mol. The fourth-order valence-electron chi connectivity index (χ4n) is 1.13. The van der Waals surface area contributed by atoms with Crippen LogP contribution in [0.1, 0.15) is 6.92 Å². The Balaban J connectivity index is 2.68. The van der Waals surface area contributed by atoms with Crippen LogP contribution in [0.2, 0.25) is 0 Å². The second kappa shape index (κ2) is 5.46. The highest BCUT2D eigenvalue weighted by Crippen LogP contribution is 2.17. The van der Waals surface area contributed by atoms with Crippen LogP contribution in [0.5, 0.6) is 5.75 Å². The summed E-state index contributed by atoms with van der Waals surface area (Å²) < 4.78 is 18.4. The lowest BCUT2D eigenvalue weighted by molar-refractivity contribution is -0.175. The summed E-state index contributed by atoms with van der Waals surface area (Å²) in [6.45, 7) is 1.53. The highest BCUT2D eigenvalue weighted by molar-refractivity contribution is 5.79. The third kappa shape index (κ3) is 2.93. The van der Waals surface area contributed by atoms with E-state index in [-0.39, 0.29) is 11.7 Å². The van der Waals surface area contributed by atoms with Gasteiger partial charge in [-0.05, 0) is 19.1 Å².